The first kappa shape index (κ1) is 16.0. The highest BCUT2D eigenvalue weighted by molar-refractivity contribution is 5.81. The minimum atomic E-state index is -0.260. The third-order valence-corrected chi connectivity index (χ3v) is 5.55. The largest absolute Gasteiger partial charge is 0.364 e. The molecule has 1 aromatic heterocycles. The van der Waals surface area contributed by atoms with Crippen LogP contribution >= 0.6 is 0 Å². The summed E-state index contributed by atoms with van der Waals surface area (Å²) in [6.07, 6.45) is 7.40. The van der Waals surface area contributed by atoms with E-state index in [1.54, 1.807) is 6.20 Å². The van der Waals surface area contributed by atoms with Crippen LogP contribution < -0.4 is 5.32 Å². The number of ether oxygens (including phenoxy) is 1. The van der Waals surface area contributed by atoms with E-state index in [1.807, 2.05) is 18.2 Å². The average molecular weight is 329 g/mol. The van der Waals surface area contributed by atoms with Gasteiger partial charge in [0.25, 0.3) is 0 Å². The third-order valence-electron chi connectivity index (χ3n) is 5.55. The van der Waals surface area contributed by atoms with E-state index in [9.17, 15) is 4.79 Å². The number of rotatable bonds is 6. The minimum Gasteiger partial charge on any atom is -0.364 e. The second-order valence-electron chi connectivity index (χ2n) is 7.51. The SMILES string of the molecule is O=C(NCCc1ccccn1)[C@@H]1C[C@H]2CCN(CC3CC3)C[C@H]2O1. The molecule has 130 valence electrons. The number of carbonyl (C=O) groups excluding carboxylic acids is 1. The molecule has 2 aliphatic heterocycles. The van der Waals surface area contributed by atoms with Gasteiger partial charge in [-0.1, -0.05) is 6.07 Å². The van der Waals surface area contributed by atoms with Crippen molar-refractivity contribution in [1.29, 1.82) is 0 Å². The van der Waals surface area contributed by atoms with Crippen LogP contribution in [0.3, 0.4) is 0 Å². The summed E-state index contributed by atoms with van der Waals surface area (Å²) in [7, 11) is 0. The number of nitrogens with zero attached hydrogens (tertiary/aromatic N) is 2. The number of amides is 1. The lowest BCUT2D eigenvalue weighted by atomic mass is 9.91. The number of aromatic nitrogens is 1. The molecule has 3 aliphatic rings. The molecule has 24 heavy (non-hydrogen) atoms. The Labute approximate surface area is 143 Å². The van der Waals surface area contributed by atoms with Gasteiger partial charge in [-0.05, 0) is 56.2 Å². The van der Waals surface area contributed by atoms with Crippen LogP contribution in [0, 0.1) is 11.8 Å². The average Bonchev–Trinajstić information content (AvgIpc) is 3.31. The molecule has 1 aromatic rings. The van der Waals surface area contributed by atoms with E-state index in [0.717, 1.165) is 31.0 Å². The van der Waals surface area contributed by atoms with E-state index in [2.05, 4.69) is 15.2 Å². The quantitative estimate of drug-likeness (QED) is 0.862. The minimum absolute atomic E-state index is 0.0501. The summed E-state index contributed by atoms with van der Waals surface area (Å²) in [4.78, 5) is 19.2. The van der Waals surface area contributed by atoms with Gasteiger partial charge in [-0.2, -0.15) is 0 Å². The molecule has 0 bridgehead atoms. The molecule has 3 heterocycles. The first-order chi connectivity index (χ1) is 11.8. The van der Waals surface area contributed by atoms with E-state index < -0.39 is 0 Å². The van der Waals surface area contributed by atoms with Gasteiger partial charge in [0.05, 0.1) is 6.10 Å². The van der Waals surface area contributed by atoms with Gasteiger partial charge in [-0.3, -0.25) is 9.78 Å². The molecule has 1 aliphatic carbocycles. The maximum Gasteiger partial charge on any atom is 0.249 e. The Morgan fingerprint density at radius 1 is 1.33 bits per heavy atom. The van der Waals surface area contributed by atoms with E-state index in [1.165, 1.54) is 32.4 Å². The highest BCUT2D eigenvalue weighted by Crippen LogP contribution is 2.36. The zero-order valence-corrected chi connectivity index (χ0v) is 14.2. The van der Waals surface area contributed by atoms with Crippen LogP contribution in [0.1, 0.15) is 31.4 Å². The van der Waals surface area contributed by atoms with Crippen molar-refractivity contribution >= 4 is 5.91 Å². The Balaban J connectivity index is 1.21. The van der Waals surface area contributed by atoms with Crippen molar-refractivity contribution in [3.05, 3.63) is 30.1 Å². The fourth-order valence-corrected chi connectivity index (χ4v) is 3.97. The molecule has 1 N–H and O–H groups in total. The van der Waals surface area contributed by atoms with Crippen LogP contribution in [0.4, 0.5) is 0 Å². The van der Waals surface area contributed by atoms with Crippen molar-refractivity contribution in [3.63, 3.8) is 0 Å². The second kappa shape index (κ2) is 7.19. The van der Waals surface area contributed by atoms with Gasteiger partial charge < -0.3 is 15.0 Å². The predicted octanol–water partition coefficient (Wildman–Crippen LogP) is 1.63. The van der Waals surface area contributed by atoms with E-state index in [4.69, 9.17) is 4.74 Å². The number of pyridine rings is 1. The fourth-order valence-electron chi connectivity index (χ4n) is 3.97. The molecule has 5 nitrogen and oxygen atoms in total. The first-order valence-electron chi connectivity index (χ1n) is 9.33. The Hall–Kier alpha value is -1.46. The summed E-state index contributed by atoms with van der Waals surface area (Å²) in [5.74, 6) is 1.54. The maximum atomic E-state index is 12.4. The summed E-state index contributed by atoms with van der Waals surface area (Å²) in [6.45, 7) is 4.04. The molecule has 0 aromatic carbocycles. The van der Waals surface area contributed by atoms with Crippen molar-refractivity contribution in [2.24, 2.45) is 11.8 Å². The highest BCUT2D eigenvalue weighted by Gasteiger charge is 2.42. The molecule has 0 radical (unpaired) electrons. The predicted molar refractivity (Wildman–Crippen MR) is 91.5 cm³/mol. The third kappa shape index (κ3) is 3.95. The highest BCUT2D eigenvalue weighted by atomic mass is 16.5. The summed E-state index contributed by atoms with van der Waals surface area (Å²) in [5.41, 5.74) is 1.01. The summed E-state index contributed by atoms with van der Waals surface area (Å²) in [6, 6.07) is 5.87. The Kier molecular flexibility index (Phi) is 4.81. The lowest BCUT2D eigenvalue weighted by Crippen LogP contribution is -2.43. The van der Waals surface area contributed by atoms with Gasteiger partial charge in [-0.25, -0.2) is 0 Å². The zero-order chi connectivity index (χ0) is 16.4. The zero-order valence-electron chi connectivity index (χ0n) is 14.2. The summed E-state index contributed by atoms with van der Waals surface area (Å²) < 4.78 is 6.09. The molecule has 1 amide bonds. The lowest BCUT2D eigenvalue weighted by Gasteiger charge is -2.34. The second-order valence-corrected chi connectivity index (χ2v) is 7.51. The van der Waals surface area contributed by atoms with Crippen LogP contribution in [0.25, 0.3) is 0 Å². The number of likely N-dealkylation sites (tertiary alicyclic amines) is 1. The molecule has 0 unspecified atom stereocenters. The maximum absolute atomic E-state index is 12.4. The molecule has 3 fully saturated rings. The van der Waals surface area contributed by atoms with Crippen molar-refractivity contribution in [3.8, 4) is 0 Å². The van der Waals surface area contributed by atoms with Crippen LogP contribution in [0.15, 0.2) is 24.4 Å². The topological polar surface area (TPSA) is 54.5 Å². The Bertz CT molecular complexity index is 561. The molecule has 5 heteroatoms. The van der Waals surface area contributed by atoms with Gasteiger partial charge in [0.2, 0.25) is 5.91 Å². The van der Waals surface area contributed by atoms with E-state index in [-0.39, 0.29) is 18.1 Å². The number of hydrogen-bond acceptors (Lipinski definition) is 4. The molecular weight excluding hydrogens is 302 g/mol. The molecule has 4 rings (SSSR count). The van der Waals surface area contributed by atoms with Crippen LogP contribution in [0.5, 0.6) is 0 Å². The number of piperidine rings is 1. The van der Waals surface area contributed by atoms with Crippen LogP contribution in [0.2, 0.25) is 0 Å². The first-order valence-corrected chi connectivity index (χ1v) is 9.33. The normalized spacial score (nSPS) is 30.1. The standard InChI is InChI=1S/C19H27N3O2/c23-19(21-9-6-16-3-1-2-8-20-16)17-11-15-7-10-22(12-14-4-5-14)13-18(15)24-17/h1-3,8,14-15,17-18H,4-7,9-13H2,(H,21,23)/t15-,17+,18-/m1/s1. The Morgan fingerprint density at radius 2 is 2.25 bits per heavy atom. The van der Waals surface area contributed by atoms with Crippen molar-refractivity contribution in [1.82, 2.24) is 15.2 Å². The van der Waals surface area contributed by atoms with Crippen molar-refractivity contribution < 1.29 is 9.53 Å². The lowest BCUT2D eigenvalue weighted by molar-refractivity contribution is -0.132. The molecule has 0 spiro atoms. The van der Waals surface area contributed by atoms with Gasteiger partial charge in [0.15, 0.2) is 0 Å². The van der Waals surface area contributed by atoms with Gasteiger partial charge >= 0.3 is 0 Å². The fraction of sp³-hybridized carbons (Fsp3) is 0.684. The number of fused-ring (bicyclic) bond motifs is 1. The van der Waals surface area contributed by atoms with Crippen molar-refractivity contribution in [2.75, 3.05) is 26.2 Å². The van der Waals surface area contributed by atoms with Crippen LogP contribution in [-0.4, -0.2) is 54.2 Å². The molecule has 2 saturated heterocycles. The summed E-state index contributed by atoms with van der Waals surface area (Å²) >= 11 is 0. The number of nitrogens with one attached hydrogen (secondary N) is 1. The number of hydrogen-bond donors (Lipinski definition) is 1. The van der Waals surface area contributed by atoms with Crippen molar-refractivity contribution in [2.45, 2.75) is 44.3 Å². The summed E-state index contributed by atoms with van der Waals surface area (Å²) in [5, 5.41) is 3.02. The molecule has 3 atom stereocenters. The molecule has 1 saturated carbocycles. The van der Waals surface area contributed by atoms with Gasteiger partial charge in [0.1, 0.15) is 6.10 Å². The Morgan fingerprint density at radius 3 is 3.04 bits per heavy atom. The van der Waals surface area contributed by atoms with Crippen LogP contribution in [-0.2, 0) is 16.0 Å². The van der Waals surface area contributed by atoms with Gasteiger partial charge in [-0.15, -0.1) is 0 Å². The molecular formula is C19H27N3O2. The van der Waals surface area contributed by atoms with E-state index in [0.29, 0.717) is 12.5 Å². The van der Waals surface area contributed by atoms with Gasteiger partial charge in [0, 0.05) is 37.9 Å². The monoisotopic (exact) mass is 329 g/mol. The van der Waals surface area contributed by atoms with E-state index >= 15 is 0 Å². The number of carbonyl (C=O) groups is 1. The smallest absolute Gasteiger partial charge is 0.249 e.